The molecule has 2 rings (SSSR count). The molecule has 3 nitrogen and oxygen atoms in total. The van der Waals surface area contributed by atoms with Gasteiger partial charge in [0.2, 0.25) is 0 Å². The summed E-state index contributed by atoms with van der Waals surface area (Å²) in [6.07, 6.45) is 3.13. The molecule has 1 aliphatic carbocycles. The average Bonchev–Trinajstić information content (AvgIpc) is 2.82. The van der Waals surface area contributed by atoms with Crippen molar-refractivity contribution >= 4 is 33.5 Å². The Balaban J connectivity index is 2.56. The van der Waals surface area contributed by atoms with Crippen LogP contribution < -0.4 is 4.74 Å². The van der Waals surface area contributed by atoms with Crippen molar-refractivity contribution in [2.45, 2.75) is 31.1 Å². The third-order valence-corrected chi connectivity index (χ3v) is 4.56. The molecule has 5 heteroatoms. The van der Waals surface area contributed by atoms with E-state index in [0.29, 0.717) is 29.2 Å². The van der Waals surface area contributed by atoms with Crippen LogP contribution in [0.25, 0.3) is 0 Å². The second-order valence-electron chi connectivity index (χ2n) is 4.56. The minimum Gasteiger partial charge on any atom is -0.496 e. The number of benzene rings is 1. The Morgan fingerprint density at radius 1 is 1.44 bits per heavy atom. The van der Waals surface area contributed by atoms with Crippen LogP contribution in [0.3, 0.4) is 0 Å². The lowest BCUT2D eigenvalue weighted by Gasteiger charge is -2.26. The van der Waals surface area contributed by atoms with E-state index < -0.39 is 11.4 Å². The van der Waals surface area contributed by atoms with Crippen molar-refractivity contribution in [3.8, 4) is 5.75 Å². The van der Waals surface area contributed by atoms with Crippen LogP contribution in [-0.2, 0) is 10.2 Å². The highest BCUT2D eigenvalue weighted by atomic mass is 79.9. The highest BCUT2D eigenvalue weighted by Crippen LogP contribution is 2.46. The molecule has 0 aliphatic heterocycles. The number of carboxylic acids is 1. The van der Waals surface area contributed by atoms with Crippen LogP contribution in [-0.4, -0.2) is 18.2 Å². The smallest absolute Gasteiger partial charge is 0.314 e. The lowest BCUT2D eigenvalue weighted by molar-refractivity contribution is -0.143. The van der Waals surface area contributed by atoms with Crippen LogP contribution in [0.15, 0.2) is 16.6 Å². The molecule has 1 saturated carbocycles. The minimum absolute atomic E-state index is 0.458. The number of carboxylic acid groups (broad SMARTS) is 1. The Kier molecular flexibility index (Phi) is 3.87. The predicted molar refractivity (Wildman–Crippen MR) is 73.5 cm³/mol. The Morgan fingerprint density at radius 2 is 2.06 bits per heavy atom. The molecule has 98 valence electrons. The van der Waals surface area contributed by atoms with Gasteiger partial charge in [-0.15, -0.1) is 0 Å². The van der Waals surface area contributed by atoms with Crippen molar-refractivity contribution in [2.75, 3.05) is 7.11 Å². The summed E-state index contributed by atoms with van der Waals surface area (Å²) in [6, 6.07) is 3.45. The zero-order valence-electron chi connectivity index (χ0n) is 10.0. The van der Waals surface area contributed by atoms with Crippen LogP contribution in [0.1, 0.15) is 31.2 Å². The van der Waals surface area contributed by atoms with Crippen molar-refractivity contribution in [2.24, 2.45) is 0 Å². The first-order chi connectivity index (χ1) is 8.51. The van der Waals surface area contributed by atoms with Gasteiger partial charge in [-0.25, -0.2) is 0 Å². The average molecular weight is 334 g/mol. The maximum atomic E-state index is 11.6. The first-order valence-electron chi connectivity index (χ1n) is 5.78. The minimum atomic E-state index is -0.841. The Hall–Kier alpha value is -0.740. The fourth-order valence-electron chi connectivity index (χ4n) is 2.63. The summed E-state index contributed by atoms with van der Waals surface area (Å²) in [4.78, 5) is 11.6. The first kappa shape index (κ1) is 13.7. The number of methoxy groups -OCH3 is 1. The molecule has 0 bridgehead atoms. The largest absolute Gasteiger partial charge is 0.496 e. The Morgan fingerprint density at radius 3 is 2.56 bits per heavy atom. The number of ether oxygens (including phenoxy) is 1. The lowest BCUT2D eigenvalue weighted by Crippen LogP contribution is -2.33. The first-order valence-corrected chi connectivity index (χ1v) is 6.95. The van der Waals surface area contributed by atoms with Gasteiger partial charge in [0.1, 0.15) is 5.75 Å². The molecule has 0 unspecified atom stereocenters. The summed E-state index contributed by atoms with van der Waals surface area (Å²) < 4.78 is 5.89. The van der Waals surface area contributed by atoms with Gasteiger partial charge < -0.3 is 9.84 Å². The Bertz CT molecular complexity index is 481. The summed E-state index contributed by atoms with van der Waals surface area (Å²) in [5.74, 6) is -0.179. The van der Waals surface area contributed by atoms with Crippen molar-refractivity contribution in [1.29, 1.82) is 0 Å². The summed E-state index contributed by atoms with van der Waals surface area (Å²) in [5, 5.41) is 10.0. The topological polar surface area (TPSA) is 46.5 Å². The number of hydrogen-bond acceptors (Lipinski definition) is 2. The Labute approximate surface area is 119 Å². The third-order valence-electron chi connectivity index (χ3n) is 3.62. The van der Waals surface area contributed by atoms with Crippen molar-refractivity contribution in [3.63, 3.8) is 0 Å². The van der Waals surface area contributed by atoms with Gasteiger partial charge >= 0.3 is 5.97 Å². The molecule has 0 aromatic heterocycles. The molecule has 1 fully saturated rings. The van der Waals surface area contributed by atoms with E-state index in [-0.39, 0.29) is 0 Å². The maximum Gasteiger partial charge on any atom is 0.314 e. The maximum absolute atomic E-state index is 11.6. The van der Waals surface area contributed by atoms with Crippen LogP contribution in [0.2, 0.25) is 5.02 Å². The van der Waals surface area contributed by atoms with Crippen LogP contribution in [0.5, 0.6) is 5.75 Å². The van der Waals surface area contributed by atoms with E-state index in [1.54, 1.807) is 19.2 Å². The van der Waals surface area contributed by atoms with E-state index in [2.05, 4.69) is 15.9 Å². The molecule has 1 aliphatic rings. The number of carbonyl (C=O) groups is 1. The second-order valence-corrected chi connectivity index (χ2v) is 5.82. The van der Waals surface area contributed by atoms with Gasteiger partial charge in [0.05, 0.1) is 17.0 Å². The SMILES string of the molecule is COc1cc(Cl)c(C2(C(=O)O)CCCC2)cc1Br. The zero-order chi connectivity index (χ0) is 13.3. The molecule has 1 N–H and O–H groups in total. The second kappa shape index (κ2) is 5.10. The van der Waals surface area contributed by atoms with Gasteiger partial charge in [0.25, 0.3) is 0 Å². The normalized spacial score (nSPS) is 17.7. The number of rotatable bonds is 3. The molecule has 0 amide bonds. The molecule has 0 spiro atoms. The predicted octanol–water partition coefficient (Wildman–Crippen LogP) is 4.01. The van der Waals surface area contributed by atoms with Gasteiger partial charge in [-0.1, -0.05) is 24.4 Å². The van der Waals surface area contributed by atoms with Crippen LogP contribution in [0, 0.1) is 0 Å². The highest BCUT2D eigenvalue weighted by Gasteiger charge is 2.44. The summed E-state index contributed by atoms with van der Waals surface area (Å²) >= 11 is 9.61. The van der Waals surface area contributed by atoms with E-state index in [1.165, 1.54) is 0 Å². The van der Waals surface area contributed by atoms with E-state index in [1.807, 2.05) is 0 Å². The molecule has 0 saturated heterocycles. The summed E-state index contributed by atoms with van der Waals surface area (Å²) in [6.45, 7) is 0. The van der Waals surface area contributed by atoms with E-state index >= 15 is 0 Å². The lowest BCUT2D eigenvalue weighted by atomic mass is 9.79. The number of aliphatic carboxylic acids is 1. The van der Waals surface area contributed by atoms with Gasteiger partial charge in [-0.05, 0) is 40.4 Å². The summed E-state index contributed by atoms with van der Waals surface area (Å²) in [5.41, 5.74) is -0.159. The quantitative estimate of drug-likeness (QED) is 0.909. The molecule has 0 heterocycles. The highest BCUT2D eigenvalue weighted by molar-refractivity contribution is 9.10. The van der Waals surface area contributed by atoms with Gasteiger partial charge in [0, 0.05) is 11.1 Å². The third kappa shape index (κ3) is 2.12. The molecular formula is C13H14BrClO3. The number of halogens is 2. The van der Waals surface area contributed by atoms with Crippen molar-refractivity contribution < 1.29 is 14.6 Å². The monoisotopic (exact) mass is 332 g/mol. The van der Waals surface area contributed by atoms with Gasteiger partial charge in [-0.2, -0.15) is 0 Å². The van der Waals surface area contributed by atoms with E-state index in [4.69, 9.17) is 16.3 Å². The molecule has 0 atom stereocenters. The standard InChI is InChI=1S/C13H14BrClO3/c1-18-11-7-10(15)8(6-9(11)14)13(12(16)17)4-2-3-5-13/h6-7H,2-5H2,1H3,(H,16,17). The van der Waals surface area contributed by atoms with Crippen LogP contribution in [0.4, 0.5) is 0 Å². The molecule has 18 heavy (non-hydrogen) atoms. The van der Waals surface area contributed by atoms with Crippen LogP contribution >= 0.6 is 27.5 Å². The molecule has 1 aromatic carbocycles. The van der Waals surface area contributed by atoms with Crippen molar-refractivity contribution in [3.05, 3.63) is 27.2 Å². The molecule has 0 radical (unpaired) electrons. The fraction of sp³-hybridized carbons (Fsp3) is 0.462. The summed E-state index contributed by atoms with van der Waals surface area (Å²) in [7, 11) is 1.55. The van der Waals surface area contributed by atoms with E-state index in [9.17, 15) is 9.90 Å². The molecule has 1 aromatic rings. The van der Waals surface area contributed by atoms with E-state index in [0.717, 1.165) is 17.3 Å². The number of hydrogen-bond donors (Lipinski definition) is 1. The fourth-order valence-corrected chi connectivity index (χ4v) is 3.47. The van der Waals surface area contributed by atoms with Gasteiger partial charge in [0.15, 0.2) is 0 Å². The molecular weight excluding hydrogens is 319 g/mol. The van der Waals surface area contributed by atoms with Crippen molar-refractivity contribution in [1.82, 2.24) is 0 Å². The zero-order valence-corrected chi connectivity index (χ0v) is 12.3. The van der Waals surface area contributed by atoms with Gasteiger partial charge in [-0.3, -0.25) is 4.79 Å².